The highest BCUT2D eigenvalue weighted by molar-refractivity contribution is 5.98. The monoisotopic (exact) mass is 277 g/mol. The minimum absolute atomic E-state index is 0.0452. The number of anilines is 1. The van der Waals surface area contributed by atoms with Crippen LogP contribution in [0.5, 0.6) is 0 Å². The van der Waals surface area contributed by atoms with Gasteiger partial charge in [-0.2, -0.15) is 0 Å². The second kappa shape index (κ2) is 5.60. The van der Waals surface area contributed by atoms with Crippen molar-refractivity contribution in [2.24, 2.45) is 5.73 Å². The van der Waals surface area contributed by atoms with Gasteiger partial charge in [0.25, 0.3) is 0 Å². The summed E-state index contributed by atoms with van der Waals surface area (Å²) in [5.74, 6) is -2.20. The smallest absolute Gasteiger partial charge is 0.321 e. The number of benzene rings is 1. The highest BCUT2D eigenvalue weighted by atomic mass is 16.4. The van der Waals surface area contributed by atoms with Crippen molar-refractivity contribution in [2.75, 3.05) is 18.0 Å². The lowest BCUT2D eigenvalue weighted by Crippen LogP contribution is -2.41. The molecule has 0 aliphatic carbocycles. The summed E-state index contributed by atoms with van der Waals surface area (Å²) >= 11 is 0. The van der Waals surface area contributed by atoms with E-state index in [-0.39, 0.29) is 19.5 Å². The molecule has 20 heavy (non-hydrogen) atoms. The second-order valence-electron chi connectivity index (χ2n) is 4.51. The van der Waals surface area contributed by atoms with E-state index in [9.17, 15) is 19.5 Å². The van der Waals surface area contributed by atoms with Crippen molar-refractivity contribution in [3.05, 3.63) is 29.8 Å². The van der Waals surface area contributed by atoms with E-state index in [2.05, 4.69) is 5.32 Å². The van der Waals surface area contributed by atoms with Crippen LogP contribution in [0.15, 0.2) is 24.3 Å². The summed E-state index contributed by atoms with van der Waals surface area (Å²) in [6.07, 6.45) is 0.0452. The first kappa shape index (κ1) is 13.9. The Morgan fingerprint density at radius 3 is 2.70 bits per heavy atom. The summed E-state index contributed by atoms with van der Waals surface area (Å²) in [6.45, 7) is 0.210. The molecule has 1 aliphatic heterocycles. The number of carbonyl (C=O) groups is 3. The Morgan fingerprint density at radius 1 is 1.35 bits per heavy atom. The molecule has 1 heterocycles. The molecule has 0 aromatic heterocycles. The van der Waals surface area contributed by atoms with Crippen LogP contribution in [0.2, 0.25) is 0 Å². The first-order valence-corrected chi connectivity index (χ1v) is 6.16. The van der Waals surface area contributed by atoms with Gasteiger partial charge >= 0.3 is 12.0 Å². The Labute approximate surface area is 115 Å². The van der Waals surface area contributed by atoms with Gasteiger partial charge in [-0.25, -0.2) is 4.79 Å². The van der Waals surface area contributed by atoms with Crippen LogP contribution in [0.1, 0.15) is 17.9 Å². The van der Waals surface area contributed by atoms with Gasteiger partial charge in [-0.05, 0) is 11.6 Å². The van der Waals surface area contributed by atoms with Crippen LogP contribution >= 0.6 is 0 Å². The lowest BCUT2D eigenvalue weighted by atomic mass is 10.0. The number of carbonyl (C=O) groups excluding carboxylic acids is 2. The number of carboxylic acids is 1. The van der Waals surface area contributed by atoms with Crippen LogP contribution in [0.4, 0.5) is 10.5 Å². The van der Waals surface area contributed by atoms with Crippen LogP contribution in [0.25, 0.3) is 0 Å². The fraction of sp³-hybridized carbons (Fsp3) is 0.308. The lowest BCUT2D eigenvalue weighted by Gasteiger charge is -2.17. The average Bonchev–Trinajstić information content (AvgIpc) is 2.78. The number of nitrogens with two attached hydrogens (primary N) is 1. The largest absolute Gasteiger partial charge is 0.481 e. The van der Waals surface area contributed by atoms with Gasteiger partial charge in [-0.3, -0.25) is 14.5 Å². The van der Waals surface area contributed by atoms with Crippen LogP contribution in [0.3, 0.4) is 0 Å². The molecule has 1 aliphatic rings. The van der Waals surface area contributed by atoms with E-state index in [1.165, 1.54) is 4.90 Å². The van der Waals surface area contributed by atoms with E-state index in [4.69, 9.17) is 5.73 Å². The molecule has 2 rings (SSSR count). The van der Waals surface area contributed by atoms with Crippen molar-refractivity contribution >= 4 is 23.6 Å². The molecule has 7 heteroatoms. The number of nitrogens with zero attached hydrogens (tertiary/aromatic N) is 1. The van der Waals surface area contributed by atoms with Crippen molar-refractivity contribution in [3.63, 3.8) is 0 Å². The van der Waals surface area contributed by atoms with Gasteiger partial charge in [0.05, 0.1) is 0 Å². The molecule has 0 bridgehead atoms. The van der Waals surface area contributed by atoms with Gasteiger partial charge in [0.2, 0.25) is 5.91 Å². The Hall–Kier alpha value is -2.57. The molecule has 4 N–H and O–H groups in total. The summed E-state index contributed by atoms with van der Waals surface area (Å²) in [5.41, 5.74) is 6.18. The maximum atomic E-state index is 12.0. The minimum atomic E-state index is -0.968. The van der Waals surface area contributed by atoms with Crippen molar-refractivity contribution in [3.8, 4) is 0 Å². The molecule has 1 aromatic carbocycles. The molecule has 0 fully saturated rings. The highest BCUT2D eigenvalue weighted by Crippen LogP contribution is 2.36. The van der Waals surface area contributed by atoms with Gasteiger partial charge < -0.3 is 16.2 Å². The zero-order valence-corrected chi connectivity index (χ0v) is 10.7. The second-order valence-corrected chi connectivity index (χ2v) is 4.51. The third kappa shape index (κ3) is 2.71. The van der Waals surface area contributed by atoms with Crippen molar-refractivity contribution in [1.82, 2.24) is 5.32 Å². The zero-order valence-electron chi connectivity index (χ0n) is 10.7. The van der Waals surface area contributed by atoms with E-state index in [0.29, 0.717) is 11.3 Å². The average molecular weight is 277 g/mol. The molecule has 3 amide bonds. The third-order valence-corrected chi connectivity index (χ3v) is 3.16. The molecule has 106 valence electrons. The number of aliphatic carboxylic acids is 1. The highest BCUT2D eigenvalue weighted by Gasteiger charge is 2.36. The lowest BCUT2D eigenvalue weighted by molar-refractivity contribution is -0.138. The van der Waals surface area contributed by atoms with E-state index < -0.39 is 23.8 Å². The fourth-order valence-corrected chi connectivity index (χ4v) is 2.20. The molecule has 1 atom stereocenters. The van der Waals surface area contributed by atoms with Crippen LogP contribution < -0.4 is 16.0 Å². The maximum Gasteiger partial charge on any atom is 0.321 e. The SMILES string of the molecule is NC(=O)CCNC(=O)N1CC(C(=O)O)c2ccccc21. The third-order valence-electron chi connectivity index (χ3n) is 3.16. The van der Waals surface area contributed by atoms with Crippen LogP contribution in [0, 0.1) is 0 Å². The van der Waals surface area contributed by atoms with E-state index in [1.807, 2.05) is 0 Å². The van der Waals surface area contributed by atoms with E-state index >= 15 is 0 Å². The number of fused-ring (bicyclic) bond motifs is 1. The van der Waals surface area contributed by atoms with Gasteiger partial charge in [-0.15, -0.1) is 0 Å². The number of urea groups is 1. The summed E-state index contributed by atoms with van der Waals surface area (Å²) < 4.78 is 0. The first-order valence-electron chi connectivity index (χ1n) is 6.16. The molecular weight excluding hydrogens is 262 g/mol. The molecule has 0 radical (unpaired) electrons. The first-order chi connectivity index (χ1) is 9.50. The number of rotatable bonds is 4. The number of primary amides is 1. The normalized spacial score (nSPS) is 16.6. The van der Waals surface area contributed by atoms with Crippen LogP contribution in [-0.2, 0) is 9.59 Å². The molecule has 0 spiro atoms. The Kier molecular flexibility index (Phi) is 3.88. The predicted molar refractivity (Wildman–Crippen MR) is 71.4 cm³/mol. The molecular formula is C13H15N3O4. The van der Waals surface area contributed by atoms with E-state index in [0.717, 1.165) is 0 Å². The quantitative estimate of drug-likeness (QED) is 0.732. The number of amides is 3. The van der Waals surface area contributed by atoms with E-state index in [1.54, 1.807) is 24.3 Å². The van der Waals surface area contributed by atoms with Crippen molar-refractivity contribution < 1.29 is 19.5 Å². The van der Waals surface area contributed by atoms with Gasteiger partial charge in [0.15, 0.2) is 0 Å². The summed E-state index contributed by atoms with van der Waals surface area (Å²) in [5, 5.41) is 11.7. The standard InChI is InChI=1S/C13H15N3O4/c14-11(17)5-6-15-13(20)16-7-9(12(18)19)8-3-1-2-4-10(8)16/h1-4,9H,5-7H2,(H2,14,17)(H,15,20)(H,18,19). The minimum Gasteiger partial charge on any atom is -0.481 e. The Balaban J connectivity index is 2.12. The zero-order chi connectivity index (χ0) is 14.7. The molecule has 7 nitrogen and oxygen atoms in total. The fourth-order valence-electron chi connectivity index (χ4n) is 2.20. The molecule has 1 unspecified atom stereocenters. The van der Waals surface area contributed by atoms with Gasteiger partial charge in [-0.1, -0.05) is 18.2 Å². The summed E-state index contributed by atoms with van der Waals surface area (Å²) in [7, 11) is 0. The Bertz CT molecular complexity index is 558. The number of hydrogen-bond acceptors (Lipinski definition) is 3. The van der Waals surface area contributed by atoms with Crippen LogP contribution in [-0.4, -0.2) is 36.1 Å². The summed E-state index contributed by atoms with van der Waals surface area (Å²) in [4.78, 5) is 35.2. The number of hydrogen-bond donors (Lipinski definition) is 3. The number of nitrogens with one attached hydrogen (secondary N) is 1. The maximum absolute atomic E-state index is 12.0. The molecule has 1 aromatic rings. The van der Waals surface area contributed by atoms with Crippen molar-refractivity contribution in [1.29, 1.82) is 0 Å². The number of carboxylic acid groups (broad SMARTS) is 1. The summed E-state index contributed by atoms with van der Waals surface area (Å²) in [6, 6.07) is 6.45. The molecule has 0 saturated carbocycles. The Morgan fingerprint density at radius 2 is 2.05 bits per heavy atom. The predicted octanol–water partition coefficient (Wildman–Crippen LogP) is 0.260. The molecule has 0 saturated heterocycles. The van der Waals surface area contributed by atoms with Gasteiger partial charge in [0, 0.05) is 25.2 Å². The van der Waals surface area contributed by atoms with Crippen molar-refractivity contribution in [2.45, 2.75) is 12.3 Å². The topological polar surface area (TPSA) is 113 Å². The number of para-hydroxylation sites is 1. The van der Waals surface area contributed by atoms with Gasteiger partial charge in [0.1, 0.15) is 5.92 Å².